The number of ether oxygens (including phenoxy) is 10. The molecule has 4 aromatic rings. The van der Waals surface area contributed by atoms with Crippen LogP contribution in [0, 0.1) is 0 Å². The van der Waals surface area contributed by atoms with Gasteiger partial charge in [-0.2, -0.15) is 0 Å². The van der Waals surface area contributed by atoms with Gasteiger partial charge in [0.2, 0.25) is 0 Å². The number of hydrogen-bond acceptors (Lipinski definition) is 11. The summed E-state index contributed by atoms with van der Waals surface area (Å²) in [6, 6.07) is 38.4. The van der Waals surface area contributed by atoms with Crippen molar-refractivity contribution in [3.63, 3.8) is 0 Å². The van der Waals surface area contributed by atoms with Crippen LogP contribution in [0.5, 0.6) is 5.75 Å². The van der Waals surface area contributed by atoms with Gasteiger partial charge in [-0.15, -0.1) is 0 Å². The highest BCUT2D eigenvalue weighted by Crippen LogP contribution is 2.40. The molecule has 2 N–H and O–H groups in total. The maximum absolute atomic E-state index is 6.73. The maximum Gasteiger partial charge on any atom is 0.143 e. The van der Waals surface area contributed by atoms with E-state index < -0.39 is 5.60 Å². The lowest BCUT2D eigenvalue weighted by Gasteiger charge is -2.36. The van der Waals surface area contributed by atoms with E-state index in [1.165, 1.54) is 0 Å². The smallest absolute Gasteiger partial charge is 0.143 e. The Balaban J connectivity index is 0.898. The molecule has 0 radical (unpaired) electrons. The van der Waals surface area contributed by atoms with Crippen LogP contribution >= 0.6 is 0 Å². The van der Waals surface area contributed by atoms with Gasteiger partial charge in [-0.1, -0.05) is 103 Å². The van der Waals surface area contributed by atoms with Crippen LogP contribution in [0.3, 0.4) is 0 Å². The van der Waals surface area contributed by atoms with Gasteiger partial charge >= 0.3 is 0 Å². The Morgan fingerprint density at radius 2 is 0.593 bits per heavy atom. The zero-order chi connectivity index (χ0) is 37.6. The van der Waals surface area contributed by atoms with Gasteiger partial charge in [0.15, 0.2) is 0 Å². The number of rotatable bonds is 32. The molecule has 4 aromatic carbocycles. The molecule has 0 aliphatic carbocycles. The Hall–Kier alpha value is -3.88. The fourth-order valence-corrected chi connectivity index (χ4v) is 5.49. The van der Waals surface area contributed by atoms with Crippen molar-refractivity contribution >= 4 is 5.69 Å². The summed E-state index contributed by atoms with van der Waals surface area (Å²) in [5.74, 6) is 0.668. The van der Waals surface area contributed by atoms with Crippen LogP contribution in [0.25, 0.3) is 0 Å². The van der Waals surface area contributed by atoms with Gasteiger partial charge in [-0.05, 0) is 28.8 Å². The molecule has 0 unspecified atom stereocenters. The minimum absolute atomic E-state index is 0.415. The lowest BCUT2D eigenvalue weighted by Crippen LogP contribution is -2.34. The summed E-state index contributed by atoms with van der Waals surface area (Å²) < 4.78 is 57.0. The molecule has 54 heavy (non-hydrogen) atoms. The minimum atomic E-state index is -0.752. The van der Waals surface area contributed by atoms with E-state index in [1.807, 2.05) is 72.8 Å². The highest BCUT2D eigenvalue weighted by Gasteiger charge is 2.37. The fraction of sp³-hybridized carbons (Fsp3) is 0.442. The molecular weight excluding hydrogens is 690 g/mol. The predicted molar refractivity (Wildman–Crippen MR) is 208 cm³/mol. The van der Waals surface area contributed by atoms with E-state index in [0.29, 0.717) is 130 Å². The zero-order valence-electron chi connectivity index (χ0n) is 31.4. The van der Waals surface area contributed by atoms with Gasteiger partial charge in [0.05, 0.1) is 118 Å². The van der Waals surface area contributed by atoms with Gasteiger partial charge in [-0.25, -0.2) is 0 Å². The van der Waals surface area contributed by atoms with Crippen LogP contribution in [-0.4, -0.2) is 119 Å². The van der Waals surface area contributed by atoms with Gasteiger partial charge in [0.25, 0.3) is 0 Å². The van der Waals surface area contributed by atoms with E-state index in [-0.39, 0.29) is 0 Å². The molecule has 0 aliphatic rings. The van der Waals surface area contributed by atoms with Gasteiger partial charge in [-0.3, -0.25) is 0 Å². The Morgan fingerprint density at radius 1 is 0.315 bits per heavy atom. The van der Waals surface area contributed by atoms with Crippen LogP contribution in [0.15, 0.2) is 115 Å². The second-order valence-electron chi connectivity index (χ2n) is 11.9. The fourth-order valence-electron chi connectivity index (χ4n) is 5.49. The maximum atomic E-state index is 6.73. The van der Waals surface area contributed by atoms with Crippen molar-refractivity contribution in [3.8, 4) is 5.75 Å². The number of anilines is 1. The van der Waals surface area contributed by atoms with Crippen molar-refractivity contribution in [1.29, 1.82) is 0 Å². The highest BCUT2D eigenvalue weighted by molar-refractivity contribution is 5.51. The minimum Gasteiger partial charge on any atom is -0.489 e. The molecule has 0 fully saturated rings. The van der Waals surface area contributed by atoms with Crippen molar-refractivity contribution in [2.24, 2.45) is 0 Å². The molecule has 0 atom stereocenters. The zero-order valence-corrected chi connectivity index (χ0v) is 31.4. The van der Waals surface area contributed by atoms with Crippen molar-refractivity contribution in [2.75, 3.05) is 125 Å². The van der Waals surface area contributed by atoms with Crippen LogP contribution in [0.2, 0.25) is 0 Å². The first-order valence-corrected chi connectivity index (χ1v) is 18.7. The largest absolute Gasteiger partial charge is 0.489 e. The Morgan fingerprint density at radius 3 is 0.926 bits per heavy atom. The van der Waals surface area contributed by atoms with E-state index in [1.54, 1.807) is 6.07 Å². The number of benzene rings is 4. The molecule has 11 heteroatoms. The van der Waals surface area contributed by atoms with Gasteiger partial charge in [0, 0.05) is 0 Å². The van der Waals surface area contributed by atoms with Crippen LogP contribution < -0.4 is 10.5 Å². The molecule has 0 heterocycles. The predicted octanol–water partition coefficient (Wildman–Crippen LogP) is 5.79. The van der Waals surface area contributed by atoms with E-state index in [4.69, 9.17) is 53.1 Å². The number of para-hydroxylation sites is 2. The second-order valence-corrected chi connectivity index (χ2v) is 11.9. The molecule has 0 aromatic heterocycles. The van der Waals surface area contributed by atoms with Gasteiger partial charge < -0.3 is 53.1 Å². The SMILES string of the molecule is Nc1ccccc1OCCOCCOCCOCCOCCOCCOCCOCCOCCOC(c1ccccc1)(c1ccccc1)c1ccccc1. The van der Waals surface area contributed by atoms with Crippen molar-refractivity contribution in [2.45, 2.75) is 5.60 Å². The standard InChI is InChI=1S/C43H57NO10/c44-41-18-10-11-19-42(41)53-36-34-51-32-30-49-28-26-47-24-22-45-20-21-46-23-25-48-27-29-50-31-33-52-35-37-54-43(38-12-4-1-5-13-38,39-14-6-2-7-15-39)40-16-8-3-9-17-40/h1-19H,20-37,44H2. The Bertz CT molecular complexity index is 1370. The normalized spacial score (nSPS) is 11.6. The third-order valence-electron chi connectivity index (χ3n) is 8.10. The first kappa shape index (κ1) is 42.9. The molecular formula is C43H57NO10. The lowest BCUT2D eigenvalue weighted by atomic mass is 9.80. The van der Waals surface area contributed by atoms with E-state index >= 15 is 0 Å². The monoisotopic (exact) mass is 747 g/mol. The molecule has 0 saturated carbocycles. The Labute approximate surface area is 320 Å². The molecule has 294 valence electrons. The molecule has 11 nitrogen and oxygen atoms in total. The van der Waals surface area contributed by atoms with Crippen molar-refractivity contribution < 1.29 is 47.4 Å². The second kappa shape index (κ2) is 27.7. The Kier molecular flexibility index (Phi) is 22.0. The topological polar surface area (TPSA) is 118 Å². The average Bonchev–Trinajstić information content (AvgIpc) is 3.22. The van der Waals surface area contributed by atoms with E-state index in [2.05, 4.69) is 36.4 Å². The van der Waals surface area contributed by atoms with E-state index in [0.717, 1.165) is 16.7 Å². The molecule has 0 saturated heterocycles. The third kappa shape index (κ3) is 16.2. The van der Waals surface area contributed by atoms with E-state index in [9.17, 15) is 0 Å². The average molecular weight is 748 g/mol. The van der Waals surface area contributed by atoms with Crippen molar-refractivity contribution in [1.82, 2.24) is 0 Å². The molecule has 0 aliphatic heterocycles. The summed E-state index contributed by atoms with van der Waals surface area (Å²) in [7, 11) is 0. The summed E-state index contributed by atoms with van der Waals surface area (Å²) in [6.45, 7) is 8.66. The van der Waals surface area contributed by atoms with Crippen molar-refractivity contribution in [3.05, 3.63) is 132 Å². The highest BCUT2D eigenvalue weighted by atomic mass is 16.6. The lowest BCUT2D eigenvalue weighted by molar-refractivity contribution is -0.0398. The van der Waals surface area contributed by atoms with Crippen LogP contribution in [0.4, 0.5) is 5.69 Å². The van der Waals surface area contributed by atoms with Crippen LogP contribution in [0.1, 0.15) is 16.7 Å². The third-order valence-corrected chi connectivity index (χ3v) is 8.10. The summed E-state index contributed by atoms with van der Waals surface area (Å²) >= 11 is 0. The summed E-state index contributed by atoms with van der Waals surface area (Å²) in [6.07, 6.45) is 0. The van der Waals surface area contributed by atoms with Gasteiger partial charge in [0.1, 0.15) is 18.0 Å². The molecule has 0 spiro atoms. The first-order chi connectivity index (χ1) is 26.8. The molecule has 0 amide bonds. The quantitative estimate of drug-likeness (QED) is 0.0372. The first-order valence-electron chi connectivity index (χ1n) is 18.7. The number of nitrogen functional groups attached to an aromatic ring is 1. The summed E-state index contributed by atoms with van der Waals surface area (Å²) in [5.41, 5.74) is 8.90. The number of nitrogens with two attached hydrogens (primary N) is 1. The summed E-state index contributed by atoms with van der Waals surface area (Å²) in [4.78, 5) is 0. The number of hydrogen-bond donors (Lipinski definition) is 1. The molecule has 0 bridgehead atoms. The van der Waals surface area contributed by atoms with Crippen LogP contribution in [-0.2, 0) is 48.2 Å². The molecule has 4 rings (SSSR count). The summed E-state index contributed by atoms with van der Waals surface area (Å²) in [5, 5.41) is 0.